The third-order valence-corrected chi connectivity index (χ3v) is 3.90. The molecule has 1 amide bonds. The molecule has 0 aromatic heterocycles. The quantitative estimate of drug-likeness (QED) is 0.897. The molecule has 1 aromatic rings. The Labute approximate surface area is 124 Å². The number of amides is 1. The van der Waals surface area contributed by atoms with Crippen LogP contribution in [0.1, 0.15) is 33.1 Å². The van der Waals surface area contributed by atoms with E-state index >= 15 is 0 Å². The Morgan fingerprint density at radius 1 is 1.50 bits per heavy atom. The smallest absolute Gasteiger partial charge is 0.244 e. The highest BCUT2D eigenvalue weighted by Gasteiger charge is 2.34. The van der Waals surface area contributed by atoms with Crippen molar-refractivity contribution in [3.8, 4) is 5.75 Å². The van der Waals surface area contributed by atoms with Gasteiger partial charge in [0.05, 0.1) is 17.2 Å². The Morgan fingerprint density at radius 3 is 2.90 bits per heavy atom. The van der Waals surface area contributed by atoms with Crippen molar-refractivity contribution in [1.29, 1.82) is 0 Å². The van der Waals surface area contributed by atoms with Crippen LogP contribution in [0.5, 0.6) is 5.75 Å². The van der Waals surface area contributed by atoms with Gasteiger partial charge in [0.15, 0.2) is 0 Å². The van der Waals surface area contributed by atoms with Crippen molar-refractivity contribution < 1.29 is 9.53 Å². The van der Waals surface area contributed by atoms with Crippen molar-refractivity contribution in [2.45, 2.75) is 38.6 Å². The molecule has 1 atom stereocenters. The molecular formula is C15H21ClN2O2. The molecule has 110 valence electrons. The maximum Gasteiger partial charge on any atom is 0.244 e. The van der Waals surface area contributed by atoms with Crippen LogP contribution in [-0.2, 0) is 4.79 Å². The molecule has 0 bridgehead atoms. The van der Waals surface area contributed by atoms with Gasteiger partial charge < -0.3 is 15.4 Å². The molecule has 1 saturated heterocycles. The largest absolute Gasteiger partial charge is 0.492 e. The average molecular weight is 297 g/mol. The number of hydrogen-bond donors (Lipinski definition) is 2. The van der Waals surface area contributed by atoms with Crippen molar-refractivity contribution in [2.24, 2.45) is 0 Å². The topological polar surface area (TPSA) is 50.4 Å². The van der Waals surface area contributed by atoms with E-state index in [1.165, 1.54) is 0 Å². The highest BCUT2D eigenvalue weighted by atomic mass is 35.5. The minimum absolute atomic E-state index is 0.0163. The summed E-state index contributed by atoms with van der Waals surface area (Å²) in [5.74, 6) is 0.617. The predicted molar refractivity (Wildman–Crippen MR) is 81.5 cm³/mol. The number of nitrogens with one attached hydrogen (secondary N) is 2. The van der Waals surface area contributed by atoms with Gasteiger partial charge in [-0.15, -0.1) is 0 Å². The maximum atomic E-state index is 12.4. The van der Waals surface area contributed by atoms with E-state index in [0.717, 1.165) is 25.8 Å². The second-order valence-corrected chi connectivity index (χ2v) is 5.66. The standard InChI is InChI=1S/C15H21ClN2O2/c1-3-20-13-7-6-11(10-12(13)16)18-14(19)15(2)8-4-5-9-17-15/h6-7,10,17H,3-5,8-9H2,1-2H3,(H,18,19). The molecule has 0 radical (unpaired) electrons. The number of piperidine rings is 1. The van der Waals surface area contributed by atoms with Crippen molar-refractivity contribution in [1.82, 2.24) is 5.32 Å². The summed E-state index contributed by atoms with van der Waals surface area (Å²) in [5, 5.41) is 6.72. The van der Waals surface area contributed by atoms with Gasteiger partial charge in [0.25, 0.3) is 0 Å². The first-order valence-electron chi connectivity index (χ1n) is 7.04. The second-order valence-electron chi connectivity index (χ2n) is 5.25. The molecule has 1 aromatic carbocycles. The normalized spacial score (nSPS) is 22.4. The highest BCUT2D eigenvalue weighted by molar-refractivity contribution is 6.32. The molecule has 4 nitrogen and oxygen atoms in total. The summed E-state index contributed by atoms with van der Waals surface area (Å²) in [4.78, 5) is 12.4. The fraction of sp³-hybridized carbons (Fsp3) is 0.533. The lowest BCUT2D eigenvalue weighted by atomic mass is 9.90. The molecule has 5 heteroatoms. The van der Waals surface area contributed by atoms with Crippen LogP contribution in [-0.4, -0.2) is 24.6 Å². The molecule has 1 aliphatic rings. The van der Waals surface area contributed by atoms with E-state index in [4.69, 9.17) is 16.3 Å². The number of ether oxygens (including phenoxy) is 1. The Hall–Kier alpha value is -1.26. The summed E-state index contributed by atoms with van der Waals surface area (Å²) in [6.07, 6.45) is 3.04. The van der Waals surface area contributed by atoms with E-state index in [-0.39, 0.29) is 5.91 Å². The average Bonchev–Trinajstić information content (AvgIpc) is 2.43. The van der Waals surface area contributed by atoms with E-state index in [2.05, 4.69) is 10.6 Å². The minimum Gasteiger partial charge on any atom is -0.492 e. The van der Waals surface area contributed by atoms with Gasteiger partial charge in [-0.1, -0.05) is 11.6 Å². The number of anilines is 1. The zero-order valence-electron chi connectivity index (χ0n) is 12.0. The molecule has 1 fully saturated rings. The lowest BCUT2D eigenvalue weighted by molar-refractivity contribution is -0.122. The van der Waals surface area contributed by atoms with Gasteiger partial charge in [0, 0.05) is 5.69 Å². The number of benzene rings is 1. The molecule has 2 rings (SSSR count). The van der Waals surface area contributed by atoms with E-state index in [0.29, 0.717) is 23.1 Å². The zero-order valence-corrected chi connectivity index (χ0v) is 12.7. The van der Waals surface area contributed by atoms with Gasteiger partial charge in [-0.25, -0.2) is 0 Å². The third kappa shape index (κ3) is 3.44. The molecular weight excluding hydrogens is 276 g/mol. The predicted octanol–water partition coefficient (Wildman–Crippen LogP) is 3.21. The van der Waals surface area contributed by atoms with Crippen LogP contribution in [0.2, 0.25) is 5.02 Å². The first-order valence-corrected chi connectivity index (χ1v) is 7.42. The highest BCUT2D eigenvalue weighted by Crippen LogP contribution is 2.28. The molecule has 0 aliphatic carbocycles. The molecule has 0 spiro atoms. The fourth-order valence-electron chi connectivity index (χ4n) is 2.37. The van der Waals surface area contributed by atoms with Crippen molar-refractivity contribution >= 4 is 23.2 Å². The van der Waals surface area contributed by atoms with Crippen LogP contribution in [0.25, 0.3) is 0 Å². The van der Waals surface area contributed by atoms with Gasteiger partial charge >= 0.3 is 0 Å². The van der Waals surface area contributed by atoms with Crippen molar-refractivity contribution in [2.75, 3.05) is 18.5 Å². The Balaban J connectivity index is 2.06. The minimum atomic E-state index is -0.497. The molecule has 20 heavy (non-hydrogen) atoms. The van der Waals surface area contributed by atoms with E-state index in [1.54, 1.807) is 18.2 Å². The number of halogens is 1. The second kappa shape index (κ2) is 6.46. The van der Waals surface area contributed by atoms with Gasteiger partial charge in [-0.2, -0.15) is 0 Å². The lowest BCUT2D eigenvalue weighted by Crippen LogP contribution is -2.54. The Morgan fingerprint density at radius 2 is 2.30 bits per heavy atom. The molecule has 0 saturated carbocycles. The Bertz CT molecular complexity index is 485. The first-order chi connectivity index (χ1) is 9.55. The number of carbonyl (C=O) groups excluding carboxylic acids is 1. The monoisotopic (exact) mass is 296 g/mol. The summed E-state index contributed by atoms with van der Waals surface area (Å²) in [5.41, 5.74) is 0.195. The lowest BCUT2D eigenvalue weighted by Gasteiger charge is -2.33. The van der Waals surface area contributed by atoms with Gasteiger partial charge in [-0.05, 0) is 57.9 Å². The van der Waals surface area contributed by atoms with Crippen LogP contribution in [0, 0.1) is 0 Å². The van der Waals surface area contributed by atoms with Crippen LogP contribution in [0.3, 0.4) is 0 Å². The SMILES string of the molecule is CCOc1ccc(NC(=O)C2(C)CCCCN2)cc1Cl. The zero-order chi connectivity index (χ0) is 14.6. The van der Waals surface area contributed by atoms with E-state index in [1.807, 2.05) is 13.8 Å². The van der Waals surface area contributed by atoms with Crippen LogP contribution in [0.4, 0.5) is 5.69 Å². The van der Waals surface area contributed by atoms with E-state index < -0.39 is 5.54 Å². The summed E-state index contributed by atoms with van der Waals surface area (Å²) in [6, 6.07) is 5.30. The van der Waals surface area contributed by atoms with Crippen molar-refractivity contribution in [3.63, 3.8) is 0 Å². The first kappa shape index (κ1) is 15.1. The number of rotatable bonds is 4. The van der Waals surface area contributed by atoms with Crippen LogP contribution >= 0.6 is 11.6 Å². The molecule has 1 aliphatic heterocycles. The molecule has 1 unspecified atom stereocenters. The van der Waals surface area contributed by atoms with Crippen LogP contribution in [0.15, 0.2) is 18.2 Å². The fourth-order valence-corrected chi connectivity index (χ4v) is 2.61. The van der Waals surface area contributed by atoms with E-state index in [9.17, 15) is 4.79 Å². The number of carbonyl (C=O) groups is 1. The van der Waals surface area contributed by atoms with Gasteiger partial charge in [-0.3, -0.25) is 4.79 Å². The number of hydrogen-bond acceptors (Lipinski definition) is 3. The van der Waals surface area contributed by atoms with Crippen LogP contribution < -0.4 is 15.4 Å². The van der Waals surface area contributed by atoms with Crippen molar-refractivity contribution in [3.05, 3.63) is 23.2 Å². The summed E-state index contributed by atoms with van der Waals surface area (Å²) >= 11 is 6.12. The summed E-state index contributed by atoms with van der Waals surface area (Å²) < 4.78 is 5.38. The van der Waals surface area contributed by atoms with Gasteiger partial charge in [0.1, 0.15) is 5.75 Å². The maximum absolute atomic E-state index is 12.4. The summed E-state index contributed by atoms with van der Waals surface area (Å²) in [6.45, 7) is 5.29. The van der Waals surface area contributed by atoms with Gasteiger partial charge in [0.2, 0.25) is 5.91 Å². The molecule has 1 heterocycles. The third-order valence-electron chi connectivity index (χ3n) is 3.61. The molecule has 2 N–H and O–H groups in total. The summed E-state index contributed by atoms with van der Waals surface area (Å²) in [7, 11) is 0. The Kier molecular flexibility index (Phi) is 4.89.